The smallest absolute Gasteiger partial charge is 0.409 e. The molecule has 21 heavy (non-hydrogen) atoms. The van der Waals surface area contributed by atoms with E-state index in [4.69, 9.17) is 4.74 Å². The SMILES string of the molecule is CCOC(=O)N1CCCC(CC(=O)c2ccc(F)cc2)C1. The number of carbonyl (C=O) groups excluding carboxylic acids is 2. The second kappa shape index (κ2) is 7.20. The third-order valence-corrected chi connectivity index (χ3v) is 3.69. The van der Waals surface area contributed by atoms with E-state index in [2.05, 4.69) is 0 Å². The minimum atomic E-state index is -0.349. The summed E-state index contributed by atoms with van der Waals surface area (Å²) in [6, 6.07) is 5.59. The van der Waals surface area contributed by atoms with Crippen LogP contribution in [0.15, 0.2) is 24.3 Å². The van der Waals surface area contributed by atoms with Crippen LogP contribution in [-0.4, -0.2) is 36.5 Å². The topological polar surface area (TPSA) is 46.6 Å². The lowest BCUT2D eigenvalue weighted by Crippen LogP contribution is -2.40. The predicted octanol–water partition coefficient (Wildman–Crippen LogP) is 3.27. The molecular weight excluding hydrogens is 273 g/mol. The predicted molar refractivity (Wildman–Crippen MR) is 76.7 cm³/mol. The molecule has 0 radical (unpaired) electrons. The zero-order chi connectivity index (χ0) is 15.2. The second-order valence-electron chi connectivity index (χ2n) is 5.29. The van der Waals surface area contributed by atoms with Gasteiger partial charge in [-0.05, 0) is 49.9 Å². The number of nitrogens with zero attached hydrogens (tertiary/aromatic N) is 1. The van der Waals surface area contributed by atoms with Gasteiger partial charge in [0.1, 0.15) is 5.82 Å². The summed E-state index contributed by atoms with van der Waals surface area (Å²) in [7, 11) is 0. The third kappa shape index (κ3) is 4.28. The maximum Gasteiger partial charge on any atom is 0.409 e. The Morgan fingerprint density at radius 2 is 2.05 bits per heavy atom. The molecule has 114 valence electrons. The van der Waals surface area contributed by atoms with Gasteiger partial charge in [-0.25, -0.2) is 9.18 Å². The summed E-state index contributed by atoms with van der Waals surface area (Å²) >= 11 is 0. The number of benzene rings is 1. The summed E-state index contributed by atoms with van der Waals surface area (Å²) in [5.74, 6) is -0.218. The molecule has 1 amide bonds. The summed E-state index contributed by atoms with van der Waals surface area (Å²) in [5.41, 5.74) is 0.518. The Balaban J connectivity index is 1.91. The standard InChI is InChI=1S/C16H20FNO3/c1-2-21-16(20)18-9-3-4-12(11-18)10-15(19)13-5-7-14(17)8-6-13/h5-8,12H,2-4,9-11H2,1H3. The van der Waals surface area contributed by atoms with Crippen molar-refractivity contribution in [3.8, 4) is 0 Å². The van der Waals surface area contributed by atoms with Crippen LogP contribution in [0.3, 0.4) is 0 Å². The monoisotopic (exact) mass is 293 g/mol. The number of piperidine rings is 1. The van der Waals surface area contributed by atoms with Crippen LogP contribution in [-0.2, 0) is 4.74 Å². The van der Waals surface area contributed by atoms with Crippen LogP contribution in [0.4, 0.5) is 9.18 Å². The number of carbonyl (C=O) groups is 2. The zero-order valence-electron chi connectivity index (χ0n) is 12.2. The lowest BCUT2D eigenvalue weighted by molar-refractivity contribution is 0.0795. The van der Waals surface area contributed by atoms with E-state index < -0.39 is 0 Å². The highest BCUT2D eigenvalue weighted by molar-refractivity contribution is 5.96. The van der Waals surface area contributed by atoms with Crippen LogP contribution in [0, 0.1) is 11.7 Å². The molecule has 1 aromatic rings. The maximum atomic E-state index is 12.9. The van der Waals surface area contributed by atoms with E-state index in [9.17, 15) is 14.0 Å². The van der Waals surface area contributed by atoms with Gasteiger partial charge in [-0.3, -0.25) is 4.79 Å². The molecule has 0 spiro atoms. The van der Waals surface area contributed by atoms with Crippen LogP contribution < -0.4 is 0 Å². The molecule has 2 rings (SSSR count). The fourth-order valence-electron chi connectivity index (χ4n) is 2.63. The van der Waals surface area contributed by atoms with E-state index in [-0.39, 0.29) is 23.6 Å². The molecule has 0 bridgehead atoms. The average molecular weight is 293 g/mol. The Hall–Kier alpha value is -1.91. The van der Waals surface area contributed by atoms with Crippen LogP contribution >= 0.6 is 0 Å². The summed E-state index contributed by atoms with van der Waals surface area (Å²) in [4.78, 5) is 25.5. The third-order valence-electron chi connectivity index (χ3n) is 3.69. The summed E-state index contributed by atoms with van der Waals surface area (Å²) in [6.45, 7) is 3.36. The number of hydrogen-bond acceptors (Lipinski definition) is 3. The number of likely N-dealkylation sites (tertiary alicyclic amines) is 1. The fraction of sp³-hybridized carbons (Fsp3) is 0.500. The van der Waals surface area contributed by atoms with Crippen LogP contribution in [0.5, 0.6) is 0 Å². The van der Waals surface area contributed by atoms with Crippen molar-refractivity contribution in [3.05, 3.63) is 35.6 Å². The molecule has 1 saturated heterocycles. The first-order valence-corrected chi connectivity index (χ1v) is 7.30. The minimum absolute atomic E-state index is 0.00860. The van der Waals surface area contributed by atoms with Gasteiger partial charge in [-0.2, -0.15) is 0 Å². The lowest BCUT2D eigenvalue weighted by atomic mass is 9.91. The minimum Gasteiger partial charge on any atom is -0.450 e. The quantitative estimate of drug-likeness (QED) is 0.800. The van der Waals surface area contributed by atoms with Crippen LogP contribution in [0.1, 0.15) is 36.5 Å². The molecule has 1 heterocycles. The molecule has 1 aliphatic heterocycles. The Morgan fingerprint density at radius 1 is 1.33 bits per heavy atom. The normalized spacial score (nSPS) is 18.4. The van der Waals surface area contributed by atoms with Crippen LogP contribution in [0.2, 0.25) is 0 Å². The molecule has 0 aromatic heterocycles. The Morgan fingerprint density at radius 3 is 2.71 bits per heavy atom. The molecular formula is C16H20FNO3. The molecule has 0 saturated carbocycles. The Kier molecular flexibility index (Phi) is 5.31. The number of hydrogen-bond donors (Lipinski definition) is 0. The van der Waals surface area contributed by atoms with Gasteiger partial charge < -0.3 is 9.64 Å². The number of ketones is 1. The van der Waals surface area contributed by atoms with Gasteiger partial charge in [0, 0.05) is 25.1 Å². The van der Waals surface area contributed by atoms with Gasteiger partial charge in [-0.1, -0.05) is 0 Å². The van der Waals surface area contributed by atoms with E-state index in [0.29, 0.717) is 31.7 Å². The highest BCUT2D eigenvalue weighted by Gasteiger charge is 2.26. The van der Waals surface area contributed by atoms with Gasteiger partial charge in [0.05, 0.1) is 6.61 Å². The van der Waals surface area contributed by atoms with Crippen molar-refractivity contribution in [3.63, 3.8) is 0 Å². The van der Waals surface area contributed by atoms with Gasteiger partial charge in [0.2, 0.25) is 0 Å². The van der Waals surface area contributed by atoms with E-state index >= 15 is 0 Å². The summed E-state index contributed by atoms with van der Waals surface area (Å²) in [5, 5.41) is 0. The van der Waals surface area contributed by atoms with Crippen LogP contribution in [0.25, 0.3) is 0 Å². The summed E-state index contributed by atoms with van der Waals surface area (Å²) in [6.07, 6.45) is 1.86. The van der Waals surface area contributed by atoms with Crippen molar-refractivity contribution in [2.24, 2.45) is 5.92 Å². The molecule has 5 heteroatoms. The zero-order valence-corrected chi connectivity index (χ0v) is 12.2. The number of Topliss-reactive ketones (excluding diaryl/α,β-unsaturated/α-hetero) is 1. The molecule has 0 aliphatic carbocycles. The second-order valence-corrected chi connectivity index (χ2v) is 5.29. The molecule has 1 unspecified atom stereocenters. The van der Waals surface area contributed by atoms with Crippen molar-refractivity contribution in [1.29, 1.82) is 0 Å². The first-order chi connectivity index (χ1) is 10.1. The number of halogens is 1. The Bertz CT molecular complexity index is 501. The van der Waals surface area contributed by atoms with Crippen molar-refractivity contribution in [1.82, 2.24) is 4.90 Å². The van der Waals surface area contributed by atoms with Gasteiger partial charge in [0.25, 0.3) is 0 Å². The van der Waals surface area contributed by atoms with E-state index in [1.54, 1.807) is 11.8 Å². The van der Waals surface area contributed by atoms with E-state index in [0.717, 1.165) is 12.8 Å². The number of rotatable bonds is 4. The average Bonchev–Trinajstić information content (AvgIpc) is 2.48. The highest BCUT2D eigenvalue weighted by Crippen LogP contribution is 2.22. The van der Waals surface area contributed by atoms with E-state index in [1.807, 2.05) is 0 Å². The highest BCUT2D eigenvalue weighted by atomic mass is 19.1. The fourth-order valence-corrected chi connectivity index (χ4v) is 2.63. The van der Waals surface area contributed by atoms with Gasteiger partial charge in [0.15, 0.2) is 5.78 Å². The first kappa shape index (κ1) is 15.5. The van der Waals surface area contributed by atoms with Crippen molar-refractivity contribution in [2.45, 2.75) is 26.2 Å². The first-order valence-electron chi connectivity index (χ1n) is 7.30. The van der Waals surface area contributed by atoms with Crippen molar-refractivity contribution >= 4 is 11.9 Å². The largest absolute Gasteiger partial charge is 0.450 e. The maximum absolute atomic E-state index is 12.9. The van der Waals surface area contributed by atoms with Crippen molar-refractivity contribution < 1.29 is 18.7 Å². The number of ether oxygens (including phenoxy) is 1. The molecule has 1 atom stereocenters. The van der Waals surface area contributed by atoms with Gasteiger partial charge in [-0.15, -0.1) is 0 Å². The van der Waals surface area contributed by atoms with E-state index in [1.165, 1.54) is 24.3 Å². The van der Waals surface area contributed by atoms with Crippen molar-refractivity contribution in [2.75, 3.05) is 19.7 Å². The van der Waals surface area contributed by atoms with Gasteiger partial charge >= 0.3 is 6.09 Å². The summed E-state index contributed by atoms with van der Waals surface area (Å²) < 4.78 is 17.8. The lowest BCUT2D eigenvalue weighted by Gasteiger charge is -2.31. The molecule has 4 nitrogen and oxygen atoms in total. The molecule has 1 aliphatic rings. The molecule has 1 aromatic carbocycles. The molecule has 1 fully saturated rings. The Labute approximate surface area is 123 Å². The number of amides is 1. The molecule has 0 N–H and O–H groups in total.